The predicted molar refractivity (Wildman–Crippen MR) is 95.5 cm³/mol. The minimum atomic E-state index is -0.651. The number of aromatic amines is 1. The average molecular weight is 361 g/mol. The highest BCUT2D eigenvalue weighted by molar-refractivity contribution is 5.90. The highest BCUT2D eigenvalue weighted by Crippen LogP contribution is 2.20. The van der Waals surface area contributed by atoms with Crippen LogP contribution in [0.2, 0.25) is 0 Å². The van der Waals surface area contributed by atoms with Gasteiger partial charge < -0.3 is 4.74 Å². The molecule has 140 valence electrons. The van der Waals surface area contributed by atoms with E-state index >= 15 is 0 Å². The Morgan fingerprint density at radius 3 is 2.27 bits per heavy atom. The Morgan fingerprint density at radius 2 is 1.69 bits per heavy atom. The first-order valence-electron chi connectivity index (χ1n) is 8.40. The second-order valence-electron chi connectivity index (χ2n) is 6.66. The minimum Gasteiger partial charge on any atom is -0.456 e. The van der Waals surface area contributed by atoms with Gasteiger partial charge in [-0.15, -0.1) is 0 Å². The van der Waals surface area contributed by atoms with E-state index in [1.165, 1.54) is 0 Å². The number of esters is 1. The molecule has 0 aliphatic carbocycles. The molecular weight excluding hydrogens is 338 g/mol. The molecule has 1 amide bonds. The minimum absolute atomic E-state index is 0.0144. The summed E-state index contributed by atoms with van der Waals surface area (Å²) < 4.78 is 5.34. The lowest BCUT2D eigenvalue weighted by Crippen LogP contribution is -2.23. The van der Waals surface area contributed by atoms with Gasteiger partial charge in [-0.3, -0.25) is 24.7 Å². The maximum Gasteiger partial charge on any atom is 0.309 e. The summed E-state index contributed by atoms with van der Waals surface area (Å²) in [6, 6.07) is 0. The Morgan fingerprint density at radius 1 is 1.04 bits per heavy atom. The fourth-order valence-corrected chi connectivity index (χ4v) is 2.12. The molecule has 2 N–H and O–H groups in total. The lowest BCUT2D eigenvalue weighted by molar-refractivity contribution is -0.152. The molecule has 9 nitrogen and oxygen atoms in total. The number of carbonyl (C=O) groups excluding carboxylic acids is 2. The maximum absolute atomic E-state index is 12.3. The van der Waals surface area contributed by atoms with Gasteiger partial charge >= 0.3 is 5.97 Å². The largest absolute Gasteiger partial charge is 0.456 e. The predicted octanol–water partition coefficient (Wildman–Crippen LogP) is 1.88. The van der Waals surface area contributed by atoms with E-state index in [0.29, 0.717) is 11.4 Å². The number of nitrogens with zero attached hydrogens (tertiary/aromatic N) is 3. The molecule has 0 aromatic carbocycles. The van der Waals surface area contributed by atoms with Crippen LogP contribution in [0, 0.1) is 18.8 Å². The summed E-state index contributed by atoms with van der Waals surface area (Å²) >= 11 is 0. The molecule has 1 atom stereocenters. The van der Waals surface area contributed by atoms with E-state index in [-0.39, 0.29) is 40.8 Å². The van der Waals surface area contributed by atoms with Gasteiger partial charge in [0.2, 0.25) is 11.9 Å². The van der Waals surface area contributed by atoms with E-state index in [0.717, 1.165) is 0 Å². The van der Waals surface area contributed by atoms with Crippen molar-refractivity contribution in [3.8, 4) is 0 Å². The van der Waals surface area contributed by atoms with Crippen LogP contribution < -0.4 is 10.9 Å². The fourth-order valence-electron chi connectivity index (χ4n) is 2.12. The standard InChI is InChI=1S/C17H23N5O4/c1-7(2)14(23)21-17-20-13-12(15(24)22-17)19-11(9(5)18-13)10(6)26-16(25)8(3)4/h7-8,10H,1-6H3,(H2,18,20,21,22,23,24)/t10-/m0/s1. The summed E-state index contributed by atoms with van der Waals surface area (Å²) in [7, 11) is 0. The number of rotatable bonds is 5. The number of hydrogen-bond acceptors (Lipinski definition) is 7. The van der Waals surface area contributed by atoms with Crippen LogP contribution in [0.25, 0.3) is 11.2 Å². The van der Waals surface area contributed by atoms with E-state index in [1.807, 2.05) is 0 Å². The van der Waals surface area contributed by atoms with Gasteiger partial charge in [0.1, 0.15) is 11.8 Å². The topological polar surface area (TPSA) is 127 Å². The molecule has 0 saturated heterocycles. The van der Waals surface area contributed by atoms with Gasteiger partial charge in [-0.1, -0.05) is 27.7 Å². The molecular formula is C17H23N5O4. The third kappa shape index (κ3) is 4.22. The third-order valence-electron chi connectivity index (χ3n) is 3.67. The molecule has 26 heavy (non-hydrogen) atoms. The zero-order valence-corrected chi connectivity index (χ0v) is 15.7. The first-order chi connectivity index (χ1) is 12.1. The van der Waals surface area contributed by atoms with E-state index < -0.39 is 11.7 Å². The fraction of sp³-hybridized carbons (Fsp3) is 0.529. The van der Waals surface area contributed by atoms with Gasteiger partial charge in [0, 0.05) is 5.92 Å². The summed E-state index contributed by atoms with van der Waals surface area (Å²) in [4.78, 5) is 51.0. The molecule has 0 fully saturated rings. The third-order valence-corrected chi connectivity index (χ3v) is 3.67. The molecule has 2 aromatic heterocycles. The van der Waals surface area contributed by atoms with E-state index in [9.17, 15) is 14.4 Å². The van der Waals surface area contributed by atoms with Crippen LogP contribution in [0.15, 0.2) is 4.79 Å². The average Bonchev–Trinajstić information content (AvgIpc) is 2.53. The summed E-state index contributed by atoms with van der Waals surface area (Å²) in [5.41, 5.74) is 0.459. The number of aryl methyl sites for hydroxylation is 1. The Kier molecular flexibility index (Phi) is 5.69. The Bertz CT molecular complexity index is 904. The molecule has 0 radical (unpaired) electrons. The smallest absolute Gasteiger partial charge is 0.309 e. The van der Waals surface area contributed by atoms with Gasteiger partial charge in [-0.05, 0) is 13.8 Å². The van der Waals surface area contributed by atoms with Gasteiger partial charge in [0.15, 0.2) is 11.2 Å². The molecule has 9 heteroatoms. The summed E-state index contributed by atoms with van der Waals surface area (Å²) in [6.07, 6.45) is -0.651. The number of hydrogen-bond donors (Lipinski definition) is 2. The first-order valence-corrected chi connectivity index (χ1v) is 8.40. The number of amides is 1. The van der Waals surface area contributed by atoms with Crippen LogP contribution in [0.3, 0.4) is 0 Å². The second kappa shape index (κ2) is 7.59. The van der Waals surface area contributed by atoms with Crippen molar-refractivity contribution in [1.29, 1.82) is 0 Å². The molecule has 0 saturated carbocycles. The van der Waals surface area contributed by atoms with Crippen molar-refractivity contribution in [2.75, 3.05) is 5.32 Å². The lowest BCUT2D eigenvalue weighted by Gasteiger charge is -2.16. The van der Waals surface area contributed by atoms with Crippen molar-refractivity contribution >= 4 is 29.0 Å². The number of anilines is 1. The quantitative estimate of drug-likeness (QED) is 0.778. The molecule has 2 rings (SSSR count). The highest BCUT2D eigenvalue weighted by atomic mass is 16.5. The lowest BCUT2D eigenvalue weighted by atomic mass is 10.2. The zero-order chi connectivity index (χ0) is 19.6. The number of ether oxygens (including phenoxy) is 1. The summed E-state index contributed by atoms with van der Waals surface area (Å²) in [5.74, 6) is -1.16. The highest BCUT2D eigenvalue weighted by Gasteiger charge is 2.20. The van der Waals surface area contributed by atoms with Crippen LogP contribution in [-0.2, 0) is 14.3 Å². The Hall–Kier alpha value is -2.84. The second-order valence-corrected chi connectivity index (χ2v) is 6.66. The van der Waals surface area contributed by atoms with Crippen molar-refractivity contribution in [1.82, 2.24) is 19.9 Å². The monoisotopic (exact) mass is 361 g/mol. The van der Waals surface area contributed by atoms with Gasteiger partial charge in [-0.2, -0.15) is 4.98 Å². The van der Waals surface area contributed by atoms with Crippen molar-refractivity contribution in [3.05, 3.63) is 21.7 Å². The van der Waals surface area contributed by atoms with Crippen LogP contribution in [0.1, 0.15) is 52.1 Å². The van der Waals surface area contributed by atoms with Gasteiger partial charge in [0.05, 0.1) is 11.6 Å². The van der Waals surface area contributed by atoms with Gasteiger partial charge in [0.25, 0.3) is 5.56 Å². The Balaban J connectivity index is 2.42. The SMILES string of the molecule is Cc1nc2nc(NC(=O)C(C)C)[nH]c(=O)c2nc1[C@H](C)OC(=O)C(C)C. The Labute approximate surface area is 150 Å². The van der Waals surface area contributed by atoms with E-state index in [1.54, 1.807) is 41.5 Å². The van der Waals surface area contributed by atoms with Crippen LogP contribution >= 0.6 is 0 Å². The number of fused-ring (bicyclic) bond motifs is 1. The number of carbonyl (C=O) groups is 2. The van der Waals surface area contributed by atoms with Crippen LogP contribution in [-0.4, -0.2) is 31.8 Å². The van der Waals surface area contributed by atoms with Crippen molar-refractivity contribution in [3.63, 3.8) is 0 Å². The molecule has 0 aliphatic heterocycles. The molecule has 2 heterocycles. The van der Waals surface area contributed by atoms with E-state index in [4.69, 9.17) is 4.74 Å². The molecule has 0 spiro atoms. The van der Waals surface area contributed by atoms with E-state index in [2.05, 4.69) is 25.3 Å². The summed E-state index contributed by atoms with van der Waals surface area (Å²) in [6.45, 7) is 10.3. The normalized spacial score (nSPS) is 12.5. The number of H-pyrrole nitrogens is 1. The van der Waals surface area contributed by atoms with Crippen LogP contribution in [0.4, 0.5) is 5.95 Å². The zero-order valence-electron chi connectivity index (χ0n) is 15.7. The van der Waals surface area contributed by atoms with Crippen molar-refractivity contribution < 1.29 is 14.3 Å². The number of aromatic nitrogens is 4. The molecule has 0 unspecified atom stereocenters. The molecule has 2 aromatic rings. The van der Waals surface area contributed by atoms with Crippen LogP contribution in [0.5, 0.6) is 0 Å². The van der Waals surface area contributed by atoms with Gasteiger partial charge in [-0.25, -0.2) is 9.97 Å². The summed E-state index contributed by atoms with van der Waals surface area (Å²) in [5, 5.41) is 2.53. The maximum atomic E-state index is 12.3. The molecule has 0 bridgehead atoms. The van der Waals surface area contributed by atoms with Crippen molar-refractivity contribution in [2.24, 2.45) is 11.8 Å². The van der Waals surface area contributed by atoms with Crippen molar-refractivity contribution in [2.45, 2.75) is 47.6 Å². The first kappa shape index (κ1) is 19.5. The molecule has 0 aliphatic rings. The number of nitrogens with one attached hydrogen (secondary N) is 2.